The topological polar surface area (TPSA) is 58.6 Å². The summed E-state index contributed by atoms with van der Waals surface area (Å²) in [6, 6.07) is 5.48. The lowest BCUT2D eigenvalue weighted by atomic mass is 10.1. The van der Waals surface area contributed by atoms with Crippen LogP contribution in [0.5, 0.6) is 0 Å². The van der Waals surface area contributed by atoms with E-state index in [0.717, 1.165) is 30.8 Å². The van der Waals surface area contributed by atoms with Crippen molar-refractivity contribution in [3.8, 4) is 11.8 Å². The lowest BCUT2D eigenvalue weighted by Gasteiger charge is -2.10. The highest BCUT2D eigenvalue weighted by molar-refractivity contribution is 5.94. The monoisotopic (exact) mass is 273 g/mol. The van der Waals surface area contributed by atoms with Gasteiger partial charge in [0.1, 0.15) is 6.61 Å². The van der Waals surface area contributed by atoms with Gasteiger partial charge in [-0.15, -0.1) is 0 Å². The fourth-order valence-corrected chi connectivity index (χ4v) is 2.21. The van der Waals surface area contributed by atoms with Crippen LogP contribution in [0.3, 0.4) is 0 Å². The highest BCUT2D eigenvalue weighted by Gasteiger charge is 2.16. The maximum absolute atomic E-state index is 12.1. The lowest BCUT2D eigenvalue weighted by molar-refractivity contribution is 0.0945. The van der Waals surface area contributed by atoms with E-state index in [9.17, 15) is 4.79 Å². The quantitative estimate of drug-likeness (QED) is 0.811. The van der Waals surface area contributed by atoms with Crippen LogP contribution >= 0.6 is 0 Å². The van der Waals surface area contributed by atoms with Gasteiger partial charge in [0.15, 0.2) is 0 Å². The molecule has 0 aromatic heterocycles. The minimum absolute atomic E-state index is 0.0901. The van der Waals surface area contributed by atoms with Gasteiger partial charge in [-0.3, -0.25) is 4.79 Å². The predicted octanol–water partition coefficient (Wildman–Crippen LogP) is 1.11. The van der Waals surface area contributed by atoms with E-state index in [2.05, 4.69) is 17.2 Å². The van der Waals surface area contributed by atoms with E-state index < -0.39 is 0 Å². The summed E-state index contributed by atoms with van der Waals surface area (Å²) in [7, 11) is 0. The molecule has 2 N–H and O–H groups in total. The van der Waals surface area contributed by atoms with Gasteiger partial charge in [-0.1, -0.05) is 11.8 Å². The van der Waals surface area contributed by atoms with E-state index in [-0.39, 0.29) is 12.5 Å². The Labute approximate surface area is 119 Å². The molecule has 1 aliphatic heterocycles. The average molecular weight is 273 g/mol. The molecule has 1 aromatic rings. The fraction of sp³-hybridized carbons (Fsp3) is 0.438. The molecule has 0 radical (unpaired) electrons. The molecular weight excluding hydrogens is 254 g/mol. The molecule has 0 spiro atoms. The third kappa shape index (κ3) is 4.09. The van der Waals surface area contributed by atoms with Crippen LogP contribution < -0.4 is 5.32 Å². The van der Waals surface area contributed by atoms with Crippen molar-refractivity contribution in [2.24, 2.45) is 5.92 Å². The Kier molecular flexibility index (Phi) is 5.16. The number of rotatable bonds is 3. The standard InChI is InChI=1S/C16H19NO3/c1-12-7-13(3-2-5-18)9-15(8-12)16(19)17-10-14-4-6-20-11-14/h7-9,14,18H,4-6,10-11H2,1H3,(H,17,19). The summed E-state index contributed by atoms with van der Waals surface area (Å²) >= 11 is 0. The second kappa shape index (κ2) is 7.09. The molecule has 2 rings (SSSR count). The van der Waals surface area contributed by atoms with Gasteiger partial charge in [0.2, 0.25) is 0 Å². The zero-order chi connectivity index (χ0) is 14.4. The normalized spacial score (nSPS) is 17.4. The molecule has 1 fully saturated rings. The zero-order valence-electron chi connectivity index (χ0n) is 11.6. The van der Waals surface area contributed by atoms with Gasteiger partial charge >= 0.3 is 0 Å². The summed E-state index contributed by atoms with van der Waals surface area (Å²) in [5, 5.41) is 11.7. The van der Waals surface area contributed by atoms with Crippen LogP contribution in [0.25, 0.3) is 0 Å². The summed E-state index contributed by atoms with van der Waals surface area (Å²) in [6.45, 7) is 3.89. The summed E-state index contributed by atoms with van der Waals surface area (Å²) in [5.74, 6) is 5.74. The van der Waals surface area contributed by atoms with Crippen molar-refractivity contribution in [3.05, 3.63) is 34.9 Å². The van der Waals surface area contributed by atoms with Gasteiger partial charge in [-0.25, -0.2) is 0 Å². The number of amides is 1. The smallest absolute Gasteiger partial charge is 0.251 e. The highest BCUT2D eigenvalue weighted by atomic mass is 16.5. The van der Waals surface area contributed by atoms with E-state index in [4.69, 9.17) is 9.84 Å². The van der Waals surface area contributed by atoms with Crippen LogP contribution in [-0.4, -0.2) is 37.4 Å². The molecule has 1 atom stereocenters. The number of ether oxygens (including phenoxy) is 1. The Morgan fingerprint density at radius 1 is 1.50 bits per heavy atom. The van der Waals surface area contributed by atoms with E-state index in [0.29, 0.717) is 18.0 Å². The summed E-state index contributed by atoms with van der Waals surface area (Å²) < 4.78 is 5.28. The molecule has 20 heavy (non-hydrogen) atoms. The number of aliphatic hydroxyl groups excluding tert-OH is 1. The van der Waals surface area contributed by atoms with E-state index in [1.807, 2.05) is 19.1 Å². The molecule has 1 aliphatic rings. The first kappa shape index (κ1) is 14.6. The van der Waals surface area contributed by atoms with Crippen LogP contribution in [0.1, 0.15) is 27.9 Å². The Morgan fingerprint density at radius 2 is 2.35 bits per heavy atom. The number of benzene rings is 1. The summed E-state index contributed by atoms with van der Waals surface area (Å²) in [5.41, 5.74) is 2.32. The van der Waals surface area contributed by atoms with Gasteiger partial charge in [0.05, 0.1) is 6.61 Å². The number of carbonyl (C=O) groups excluding carboxylic acids is 1. The number of aryl methyl sites for hydroxylation is 1. The molecular formula is C16H19NO3. The molecule has 1 saturated heterocycles. The van der Waals surface area contributed by atoms with Crippen molar-refractivity contribution in [2.45, 2.75) is 13.3 Å². The molecule has 1 unspecified atom stereocenters. The minimum atomic E-state index is -0.183. The number of carbonyl (C=O) groups is 1. The van der Waals surface area contributed by atoms with Crippen LogP contribution in [0.15, 0.2) is 18.2 Å². The zero-order valence-corrected chi connectivity index (χ0v) is 11.6. The van der Waals surface area contributed by atoms with Gasteiger partial charge in [0.25, 0.3) is 5.91 Å². The third-order valence-corrected chi connectivity index (χ3v) is 3.23. The number of nitrogens with one attached hydrogen (secondary N) is 1. The second-order valence-electron chi connectivity index (χ2n) is 4.99. The van der Waals surface area contributed by atoms with Crippen molar-refractivity contribution in [2.75, 3.05) is 26.4 Å². The van der Waals surface area contributed by atoms with Crippen molar-refractivity contribution in [1.29, 1.82) is 0 Å². The minimum Gasteiger partial charge on any atom is -0.384 e. The maximum atomic E-state index is 12.1. The van der Waals surface area contributed by atoms with E-state index >= 15 is 0 Å². The van der Waals surface area contributed by atoms with Gasteiger partial charge < -0.3 is 15.2 Å². The van der Waals surface area contributed by atoms with E-state index in [1.54, 1.807) is 6.07 Å². The first-order chi connectivity index (χ1) is 9.69. The maximum Gasteiger partial charge on any atom is 0.251 e. The molecule has 4 nitrogen and oxygen atoms in total. The van der Waals surface area contributed by atoms with E-state index in [1.165, 1.54) is 0 Å². The Bertz CT molecular complexity index is 536. The van der Waals surface area contributed by atoms with Crippen LogP contribution in [0, 0.1) is 24.7 Å². The third-order valence-electron chi connectivity index (χ3n) is 3.23. The van der Waals surface area contributed by atoms with Gasteiger partial charge in [-0.05, 0) is 37.1 Å². The van der Waals surface area contributed by atoms with Crippen molar-refractivity contribution >= 4 is 5.91 Å². The summed E-state index contributed by atoms with van der Waals surface area (Å²) in [6.07, 6.45) is 1.00. The molecule has 0 saturated carbocycles. The molecule has 1 amide bonds. The largest absolute Gasteiger partial charge is 0.384 e. The van der Waals surface area contributed by atoms with Crippen LogP contribution in [-0.2, 0) is 4.74 Å². The summed E-state index contributed by atoms with van der Waals surface area (Å²) in [4.78, 5) is 12.1. The molecule has 4 heteroatoms. The number of hydrogen-bond acceptors (Lipinski definition) is 3. The van der Waals surface area contributed by atoms with Crippen LogP contribution in [0.2, 0.25) is 0 Å². The van der Waals surface area contributed by atoms with Crippen molar-refractivity contribution in [1.82, 2.24) is 5.32 Å². The van der Waals surface area contributed by atoms with Gasteiger partial charge in [-0.2, -0.15) is 0 Å². The first-order valence-corrected chi connectivity index (χ1v) is 6.76. The first-order valence-electron chi connectivity index (χ1n) is 6.76. The molecule has 1 heterocycles. The number of aliphatic hydroxyl groups is 1. The fourth-order valence-electron chi connectivity index (χ4n) is 2.21. The van der Waals surface area contributed by atoms with Crippen molar-refractivity contribution < 1.29 is 14.6 Å². The average Bonchev–Trinajstić information content (AvgIpc) is 2.95. The number of hydrogen-bond donors (Lipinski definition) is 2. The molecule has 106 valence electrons. The molecule has 0 aliphatic carbocycles. The predicted molar refractivity (Wildman–Crippen MR) is 76.4 cm³/mol. The SMILES string of the molecule is Cc1cc(C#CCO)cc(C(=O)NCC2CCOC2)c1. The van der Waals surface area contributed by atoms with Crippen molar-refractivity contribution in [3.63, 3.8) is 0 Å². The van der Waals surface area contributed by atoms with Crippen LogP contribution in [0.4, 0.5) is 0 Å². The Hall–Kier alpha value is -1.83. The molecule has 0 bridgehead atoms. The molecule has 1 aromatic carbocycles. The highest BCUT2D eigenvalue weighted by Crippen LogP contribution is 2.12. The Morgan fingerprint density at radius 3 is 3.05 bits per heavy atom. The second-order valence-corrected chi connectivity index (χ2v) is 4.99. The van der Waals surface area contributed by atoms with Gasteiger partial charge in [0, 0.05) is 30.2 Å². The lowest BCUT2D eigenvalue weighted by Crippen LogP contribution is -2.29. The Balaban J connectivity index is 2.02.